The summed E-state index contributed by atoms with van der Waals surface area (Å²) in [5.41, 5.74) is 1.98. The third-order valence-electron chi connectivity index (χ3n) is 5.80. The van der Waals surface area contributed by atoms with Crippen LogP contribution in [0.15, 0.2) is 85.1 Å². The minimum absolute atomic E-state index is 0.0575. The summed E-state index contributed by atoms with van der Waals surface area (Å²) in [6.45, 7) is -0.0575. The Balaban J connectivity index is 1.30. The highest BCUT2D eigenvalue weighted by Crippen LogP contribution is 2.31. The van der Waals surface area contributed by atoms with Crippen LogP contribution in [0.1, 0.15) is 27.4 Å². The lowest BCUT2D eigenvalue weighted by atomic mass is 10.1. The van der Waals surface area contributed by atoms with E-state index in [-0.39, 0.29) is 23.9 Å². The monoisotopic (exact) mass is 515 g/mol. The SMILES string of the molecule is CN1C(=O)[C@H](NC(=O)c2cc(Oc3ccccc3)ccn2)COc2ccc(C#Cc3cccc(C#N)n3)cc21. The highest BCUT2D eigenvalue weighted by Gasteiger charge is 2.31. The van der Waals surface area contributed by atoms with Crippen molar-refractivity contribution in [1.29, 1.82) is 5.26 Å². The predicted octanol–water partition coefficient (Wildman–Crippen LogP) is 3.69. The van der Waals surface area contributed by atoms with Crippen molar-refractivity contribution in [2.75, 3.05) is 18.6 Å². The number of ether oxygens (including phenoxy) is 2. The van der Waals surface area contributed by atoms with Crippen LogP contribution >= 0.6 is 0 Å². The van der Waals surface area contributed by atoms with Gasteiger partial charge in [-0.25, -0.2) is 4.98 Å². The number of amides is 2. The van der Waals surface area contributed by atoms with E-state index in [1.54, 1.807) is 61.6 Å². The summed E-state index contributed by atoms with van der Waals surface area (Å²) < 4.78 is 11.7. The van der Waals surface area contributed by atoms with E-state index < -0.39 is 11.9 Å². The summed E-state index contributed by atoms with van der Waals surface area (Å²) in [7, 11) is 1.61. The maximum absolute atomic E-state index is 13.3. The third-order valence-corrected chi connectivity index (χ3v) is 5.80. The van der Waals surface area contributed by atoms with Gasteiger partial charge in [-0.1, -0.05) is 30.2 Å². The van der Waals surface area contributed by atoms with Crippen molar-refractivity contribution in [3.05, 3.63) is 108 Å². The van der Waals surface area contributed by atoms with Gasteiger partial charge in [-0.05, 0) is 54.5 Å². The molecule has 0 saturated heterocycles. The van der Waals surface area contributed by atoms with Crippen molar-refractivity contribution in [3.63, 3.8) is 0 Å². The summed E-state index contributed by atoms with van der Waals surface area (Å²) in [5.74, 6) is 6.58. The molecule has 4 aromatic rings. The standard InChI is InChI=1S/C30H21N5O4/c1-35-27-16-20(10-12-21-6-5-7-22(18-31)33-21)11-13-28(27)38-19-26(30(35)37)34-29(36)25-17-24(14-15-32-25)39-23-8-3-2-4-9-23/h2-9,11,13-17,26H,19H2,1H3,(H,34,36)/t26-/m1/s1. The number of para-hydroxylation sites is 1. The maximum Gasteiger partial charge on any atom is 0.270 e. The molecule has 1 aliphatic rings. The summed E-state index contributed by atoms with van der Waals surface area (Å²) >= 11 is 0. The van der Waals surface area contributed by atoms with Crippen LogP contribution in [0.4, 0.5) is 5.69 Å². The Kier molecular flexibility index (Phi) is 7.15. The van der Waals surface area contributed by atoms with Gasteiger partial charge in [-0.3, -0.25) is 14.6 Å². The van der Waals surface area contributed by atoms with Crippen LogP contribution in [0.25, 0.3) is 0 Å². The van der Waals surface area contributed by atoms with Crippen molar-refractivity contribution in [2.24, 2.45) is 0 Å². The van der Waals surface area contributed by atoms with E-state index in [1.165, 1.54) is 17.2 Å². The van der Waals surface area contributed by atoms with Crippen molar-refractivity contribution in [3.8, 4) is 35.2 Å². The molecule has 2 aromatic carbocycles. The quantitative estimate of drug-likeness (QED) is 0.412. The minimum atomic E-state index is -0.942. The molecule has 190 valence electrons. The highest BCUT2D eigenvalue weighted by atomic mass is 16.5. The van der Waals surface area contributed by atoms with E-state index in [9.17, 15) is 9.59 Å². The van der Waals surface area contributed by atoms with Gasteiger partial charge in [-0.15, -0.1) is 0 Å². The van der Waals surface area contributed by atoms with E-state index in [2.05, 4.69) is 27.1 Å². The normalized spacial score (nSPS) is 14.0. The Morgan fingerprint density at radius 1 is 1.03 bits per heavy atom. The number of benzene rings is 2. The first-order valence-corrected chi connectivity index (χ1v) is 11.9. The molecule has 9 heteroatoms. The molecule has 0 saturated carbocycles. The molecule has 5 rings (SSSR count). The molecule has 0 radical (unpaired) electrons. The number of carbonyl (C=O) groups is 2. The fourth-order valence-corrected chi connectivity index (χ4v) is 3.84. The van der Waals surface area contributed by atoms with E-state index >= 15 is 0 Å². The summed E-state index contributed by atoms with van der Waals surface area (Å²) in [6.07, 6.45) is 1.47. The lowest BCUT2D eigenvalue weighted by molar-refractivity contribution is -0.120. The lowest BCUT2D eigenvalue weighted by Gasteiger charge is -2.20. The van der Waals surface area contributed by atoms with Crippen molar-refractivity contribution in [2.45, 2.75) is 6.04 Å². The van der Waals surface area contributed by atoms with Crippen LogP contribution < -0.4 is 19.7 Å². The van der Waals surface area contributed by atoms with Gasteiger partial charge in [-0.2, -0.15) is 5.26 Å². The van der Waals surface area contributed by atoms with Crippen molar-refractivity contribution >= 4 is 17.5 Å². The number of anilines is 1. The Hall–Kier alpha value is -5.67. The molecule has 0 bridgehead atoms. The molecule has 0 fully saturated rings. The van der Waals surface area contributed by atoms with Gasteiger partial charge >= 0.3 is 0 Å². The van der Waals surface area contributed by atoms with Crippen LogP contribution in [0.5, 0.6) is 17.2 Å². The molecule has 1 aliphatic heterocycles. The van der Waals surface area contributed by atoms with E-state index in [0.717, 1.165) is 0 Å². The number of fused-ring (bicyclic) bond motifs is 1. The van der Waals surface area contributed by atoms with Crippen molar-refractivity contribution in [1.82, 2.24) is 15.3 Å². The molecule has 3 heterocycles. The van der Waals surface area contributed by atoms with Crippen LogP contribution in [-0.4, -0.2) is 41.5 Å². The number of hydrogen-bond donors (Lipinski definition) is 1. The van der Waals surface area contributed by atoms with Gasteiger partial charge in [0.15, 0.2) is 0 Å². The van der Waals surface area contributed by atoms with Crippen LogP contribution in [0.2, 0.25) is 0 Å². The van der Waals surface area contributed by atoms with Gasteiger partial charge < -0.3 is 19.7 Å². The zero-order valence-corrected chi connectivity index (χ0v) is 20.8. The molecular weight excluding hydrogens is 494 g/mol. The number of nitriles is 1. The second-order valence-corrected chi connectivity index (χ2v) is 8.48. The van der Waals surface area contributed by atoms with Crippen LogP contribution in [-0.2, 0) is 4.79 Å². The Morgan fingerprint density at radius 3 is 2.67 bits per heavy atom. The Bertz CT molecular complexity index is 1650. The number of likely N-dealkylation sites (N-methyl/N-ethyl adjacent to an activating group) is 1. The topological polar surface area (TPSA) is 117 Å². The number of pyridine rings is 2. The molecule has 0 unspecified atom stereocenters. The van der Waals surface area contributed by atoms with Gasteiger partial charge in [0.1, 0.15) is 53.0 Å². The summed E-state index contributed by atoms with van der Waals surface area (Å²) in [6, 6.07) is 23.6. The molecule has 9 nitrogen and oxygen atoms in total. The number of nitrogens with one attached hydrogen (secondary N) is 1. The molecule has 1 N–H and O–H groups in total. The fraction of sp³-hybridized carbons (Fsp3) is 0.100. The Labute approximate surface area is 224 Å². The smallest absolute Gasteiger partial charge is 0.270 e. The average Bonchev–Trinajstić information content (AvgIpc) is 3.08. The second kappa shape index (κ2) is 11.2. The van der Waals surface area contributed by atoms with Crippen LogP contribution in [0, 0.1) is 23.2 Å². The van der Waals surface area contributed by atoms with E-state index in [4.69, 9.17) is 14.7 Å². The van der Waals surface area contributed by atoms with E-state index in [1.807, 2.05) is 24.3 Å². The minimum Gasteiger partial charge on any atom is -0.489 e. The number of rotatable bonds is 4. The number of nitrogens with zero attached hydrogens (tertiary/aromatic N) is 4. The van der Waals surface area contributed by atoms with E-state index in [0.29, 0.717) is 34.2 Å². The first-order chi connectivity index (χ1) is 19.0. The van der Waals surface area contributed by atoms with Gasteiger partial charge in [0.2, 0.25) is 0 Å². The third kappa shape index (κ3) is 5.85. The number of carbonyl (C=O) groups excluding carboxylic acids is 2. The molecule has 2 aromatic heterocycles. The average molecular weight is 516 g/mol. The molecule has 0 spiro atoms. The molecule has 2 amide bonds. The first kappa shape index (κ1) is 25.0. The predicted molar refractivity (Wildman–Crippen MR) is 142 cm³/mol. The number of aromatic nitrogens is 2. The molecule has 39 heavy (non-hydrogen) atoms. The zero-order chi connectivity index (χ0) is 27.2. The Morgan fingerprint density at radius 2 is 1.85 bits per heavy atom. The largest absolute Gasteiger partial charge is 0.489 e. The maximum atomic E-state index is 13.3. The molecule has 1 atom stereocenters. The second-order valence-electron chi connectivity index (χ2n) is 8.48. The zero-order valence-electron chi connectivity index (χ0n) is 20.8. The molecular formula is C30H21N5O4. The highest BCUT2D eigenvalue weighted by molar-refractivity contribution is 6.03. The first-order valence-electron chi connectivity index (χ1n) is 11.9. The van der Waals surface area contributed by atoms with Gasteiger partial charge in [0.05, 0.1) is 5.69 Å². The lowest BCUT2D eigenvalue weighted by Crippen LogP contribution is -2.49. The van der Waals surface area contributed by atoms with Gasteiger partial charge in [0.25, 0.3) is 11.8 Å². The molecule has 0 aliphatic carbocycles. The summed E-state index contributed by atoms with van der Waals surface area (Å²) in [4.78, 5) is 35.9. The number of hydrogen-bond acceptors (Lipinski definition) is 7. The van der Waals surface area contributed by atoms with Crippen molar-refractivity contribution < 1.29 is 19.1 Å². The van der Waals surface area contributed by atoms with Crippen LogP contribution in [0.3, 0.4) is 0 Å². The summed E-state index contributed by atoms with van der Waals surface area (Å²) in [5, 5.41) is 11.7. The van der Waals surface area contributed by atoms with Gasteiger partial charge in [0, 0.05) is 24.9 Å². The fourth-order valence-electron chi connectivity index (χ4n) is 3.84.